The molecule has 9 nitrogen and oxygen atoms in total. The Labute approximate surface area is 201 Å². The third kappa shape index (κ3) is 3.65. The van der Waals surface area contributed by atoms with Gasteiger partial charge in [0, 0.05) is 35.0 Å². The molecular weight excluding hydrogens is 480 g/mol. The zero-order valence-electron chi connectivity index (χ0n) is 19.4. The second-order valence-corrected chi connectivity index (χ2v) is 8.22. The number of hydrogen-bond donors (Lipinski definition) is 3. The van der Waals surface area contributed by atoms with Crippen LogP contribution in [0.4, 0.5) is 23.4 Å². The maximum atomic E-state index is 15.6. The summed E-state index contributed by atoms with van der Waals surface area (Å²) in [5, 5.41) is 33.8. The number of aryl methyl sites for hydroxylation is 1. The van der Waals surface area contributed by atoms with Crippen molar-refractivity contribution in [1.82, 2.24) is 25.3 Å². The van der Waals surface area contributed by atoms with Crippen molar-refractivity contribution >= 4 is 22.6 Å². The predicted octanol–water partition coefficient (Wildman–Crippen LogP) is 4.63. The number of allylic oxidation sites excluding steroid dienone is 4. The first-order valence-electron chi connectivity index (χ1n) is 10.5. The molecule has 0 unspecified atom stereocenters. The van der Waals surface area contributed by atoms with Crippen LogP contribution in [0.5, 0.6) is 0 Å². The number of benzene rings is 1. The lowest BCUT2D eigenvalue weighted by molar-refractivity contribution is -0.141. The van der Waals surface area contributed by atoms with Crippen molar-refractivity contribution in [2.24, 2.45) is 0 Å². The first-order valence-corrected chi connectivity index (χ1v) is 10.5. The number of amides is 1. The van der Waals surface area contributed by atoms with E-state index in [0.717, 1.165) is 6.20 Å². The molecule has 0 saturated carbocycles. The molecule has 36 heavy (non-hydrogen) atoms. The molecule has 3 N–H and O–H groups in total. The Hall–Kier alpha value is -4.65. The number of carbonyl (C=O) groups is 1. The van der Waals surface area contributed by atoms with Crippen molar-refractivity contribution in [3.05, 3.63) is 63.0 Å². The number of aromatic nitrogens is 4. The van der Waals surface area contributed by atoms with E-state index in [9.17, 15) is 28.5 Å². The van der Waals surface area contributed by atoms with Gasteiger partial charge in [-0.1, -0.05) is 0 Å². The summed E-state index contributed by atoms with van der Waals surface area (Å²) in [5.41, 5.74) is -0.376. The van der Waals surface area contributed by atoms with Crippen LogP contribution >= 0.6 is 0 Å². The Kier molecular flexibility index (Phi) is 5.80. The molecule has 1 aromatic carbocycles. The minimum Gasteiger partial charge on any atom is -0.350 e. The maximum absolute atomic E-state index is 15.6. The Balaban J connectivity index is 1.87. The molecule has 0 radical (unpaired) electrons. The Morgan fingerprint density at radius 1 is 1.14 bits per heavy atom. The second kappa shape index (κ2) is 8.53. The van der Waals surface area contributed by atoms with E-state index >= 15 is 4.39 Å². The number of alkyl halides is 3. The average Bonchev–Trinajstić information content (AvgIpc) is 3.48. The van der Waals surface area contributed by atoms with Crippen LogP contribution in [0.1, 0.15) is 46.9 Å². The van der Waals surface area contributed by atoms with E-state index in [0.29, 0.717) is 11.4 Å². The normalized spacial score (nSPS) is 14.9. The van der Waals surface area contributed by atoms with Crippen molar-refractivity contribution in [2.75, 3.05) is 12.4 Å². The summed E-state index contributed by atoms with van der Waals surface area (Å²) in [4.78, 5) is 14.3. The van der Waals surface area contributed by atoms with Gasteiger partial charge in [-0.15, -0.1) is 0 Å². The molecule has 3 aromatic rings. The van der Waals surface area contributed by atoms with Gasteiger partial charge in [-0.2, -0.15) is 33.9 Å². The summed E-state index contributed by atoms with van der Waals surface area (Å²) in [6.07, 6.45) is -4.10. The van der Waals surface area contributed by atoms with Crippen LogP contribution in [0.25, 0.3) is 10.9 Å². The first kappa shape index (κ1) is 24.5. The topological polar surface area (TPSA) is 137 Å². The minimum atomic E-state index is -4.84. The fraction of sp³-hybridized carbons (Fsp3) is 0.261. The molecule has 13 heteroatoms. The van der Waals surface area contributed by atoms with Gasteiger partial charge in [0.05, 0.1) is 46.5 Å². The van der Waals surface area contributed by atoms with E-state index in [1.807, 2.05) is 0 Å². The summed E-state index contributed by atoms with van der Waals surface area (Å²) < 4.78 is 55.2. The fourth-order valence-electron chi connectivity index (χ4n) is 4.25. The summed E-state index contributed by atoms with van der Waals surface area (Å²) in [6.45, 7) is 4.81. The fourth-order valence-corrected chi connectivity index (χ4v) is 4.25. The van der Waals surface area contributed by atoms with Gasteiger partial charge in [0.15, 0.2) is 11.5 Å². The minimum absolute atomic E-state index is 0.00362. The van der Waals surface area contributed by atoms with E-state index in [-0.39, 0.29) is 39.0 Å². The molecule has 0 saturated heterocycles. The van der Waals surface area contributed by atoms with Crippen LogP contribution < -0.4 is 5.32 Å². The Morgan fingerprint density at radius 2 is 1.75 bits per heavy atom. The monoisotopic (exact) mass is 498 g/mol. The summed E-state index contributed by atoms with van der Waals surface area (Å²) >= 11 is 0. The van der Waals surface area contributed by atoms with E-state index in [1.54, 1.807) is 30.9 Å². The molecule has 184 valence electrons. The molecule has 0 bridgehead atoms. The standard InChI is InChI=1S/C23H18F4N8O/c1-9-18(24)12(17-14(6-28)10(2)35(4)11(3)15(17)7-29)5-13-19(9)32-34-21(13)31-22(36)16-8-30-33-20(16)23(25,26)27/h5,8,17H,1-4H3,(H,30,33)(H2,31,32,34,36). The van der Waals surface area contributed by atoms with Gasteiger partial charge in [-0.25, -0.2) is 4.39 Å². The number of aromatic amines is 2. The predicted molar refractivity (Wildman–Crippen MR) is 119 cm³/mol. The van der Waals surface area contributed by atoms with Gasteiger partial charge in [0.1, 0.15) is 5.82 Å². The molecule has 1 aliphatic rings. The Morgan fingerprint density at radius 3 is 2.31 bits per heavy atom. The number of carbonyl (C=O) groups excluding carboxylic acids is 1. The smallest absolute Gasteiger partial charge is 0.350 e. The number of H-pyrrole nitrogens is 2. The lowest BCUT2D eigenvalue weighted by Crippen LogP contribution is -2.26. The summed E-state index contributed by atoms with van der Waals surface area (Å²) in [5.74, 6) is -2.99. The molecule has 1 amide bonds. The van der Waals surface area contributed by atoms with Gasteiger partial charge in [-0.05, 0) is 26.8 Å². The van der Waals surface area contributed by atoms with E-state index in [1.165, 1.54) is 13.0 Å². The molecule has 0 atom stereocenters. The zero-order valence-corrected chi connectivity index (χ0v) is 19.4. The van der Waals surface area contributed by atoms with Crippen LogP contribution in [-0.2, 0) is 6.18 Å². The zero-order chi connectivity index (χ0) is 26.5. The van der Waals surface area contributed by atoms with E-state index in [2.05, 4.69) is 32.8 Å². The second-order valence-electron chi connectivity index (χ2n) is 8.22. The van der Waals surface area contributed by atoms with Gasteiger partial charge in [0.2, 0.25) is 0 Å². The lowest BCUT2D eigenvalue weighted by Gasteiger charge is -2.33. The highest BCUT2D eigenvalue weighted by Crippen LogP contribution is 2.43. The number of nitriles is 2. The van der Waals surface area contributed by atoms with Crippen LogP contribution in [0.3, 0.4) is 0 Å². The van der Waals surface area contributed by atoms with Crippen molar-refractivity contribution < 1.29 is 22.4 Å². The maximum Gasteiger partial charge on any atom is 0.433 e. The number of fused-ring (bicyclic) bond motifs is 1. The van der Waals surface area contributed by atoms with Gasteiger partial charge in [0.25, 0.3) is 5.91 Å². The molecule has 0 fully saturated rings. The van der Waals surface area contributed by atoms with Crippen LogP contribution in [-0.4, -0.2) is 38.2 Å². The van der Waals surface area contributed by atoms with Gasteiger partial charge < -0.3 is 10.2 Å². The van der Waals surface area contributed by atoms with Crippen molar-refractivity contribution in [3.63, 3.8) is 0 Å². The number of anilines is 1. The van der Waals surface area contributed by atoms with Crippen molar-refractivity contribution in [1.29, 1.82) is 10.5 Å². The molecule has 3 heterocycles. The molecule has 1 aliphatic heterocycles. The number of rotatable bonds is 3. The molecule has 0 spiro atoms. The highest BCUT2D eigenvalue weighted by atomic mass is 19.4. The Bertz CT molecular complexity index is 1520. The quantitative estimate of drug-likeness (QED) is 0.451. The highest BCUT2D eigenvalue weighted by Gasteiger charge is 2.38. The SMILES string of the molecule is CC1=C(C#N)C(c2cc3c(NC(=O)c4cn[nH]c4C(F)(F)F)n[nH]c3c(C)c2F)C(C#N)=C(C)N1C. The molecule has 2 aromatic heterocycles. The number of nitrogens with zero attached hydrogens (tertiary/aromatic N) is 5. The highest BCUT2D eigenvalue weighted by molar-refractivity contribution is 6.08. The summed E-state index contributed by atoms with van der Waals surface area (Å²) in [7, 11) is 1.69. The van der Waals surface area contributed by atoms with Crippen molar-refractivity contribution in [2.45, 2.75) is 32.9 Å². The van der Waals surface area contributed by atoms with Crippen molar-refractivity contribution in [3.8, 4) is 12.1 Å². The van der Waals surface area contributed by atoms with Crippen LogP contribution in [0, 0.1) is 35.4 Å². The van der Waals surface area contributed by atoms with E-state index in [4.69, 9.17) is 0 Å². The third-order valence-corrected chi connectivity index (χ3v) is 6.38. The number of hydrogen-bond acceptors (Lipinski definition) is 6. The van der Waals surface area contributed by atoms with E-state index < -0.39 is 35.1 Å². The molecule has 4 rings (SSSR count). The van der Waals surface area contributed by atoms with Gasteiger partial charge in [-0.3, -0.25) is 15.0 Å². The number of halogens is 4. The first-order chi connectivity index (χ1) is 16.9. The average molecular weight is 498 g/mol. The largest absolute Gasteiger partial charge is 0.433 e. The van der Waals surface area contributed by atoms with Crippen LogP contribution in [0.15, 0.2) is 34.8 Å². The lowest BCUT2D eigenvalue weighted by atomic mass is 9.80. The summed E-state index contributed by atoms with van der Waals surface area (Å²) in [6, 6.07) is 5.47. The third-order valence-electron chi connectivity index (χ3n) is 6.38. The van der Waals surface area contributed by atoms with Crippen LogP contribution in [0.2, 0.25) is 0 Å². The van der Waals surface area contributed by atoms with Gasteiger partial charge >= 0.3 is 6.18 Å². The molecular formula is C23H18F4N8O. The molecule has 0 aliphatic carbocycles. The number of nitrogens with one attached hydrogen (secondary N) is 3.